The van der Waals surface area contributed by atoms with Crippen LogP contribution in [0.25, 0.3) is 0 Å². The van der Waals surface area contributed by atoms with E-state index in [2.05, 4.69) is 0 Å². The maximum Gasteiger partial charge on any atom is 0.275 e. The number of carbonyl (C=O) groups excluding carboxylic acids is 3. The fourth-order valence-electron chi connectivity index (χ4n) is 4.51. The number of rotatable bonds is 6. The smallest absolute Gasteiger partial charge is 0.272 e. The third-order valence-corrected chi connectivity index (χ3v) is 6.43. The van der Waals surface area contributed by atoms with Crippen molar-refractivity contribution in [2.45, 2.75) is 19.9 Å². The minimum atomic E-state index is -0.890. The Balaban J connectivity index is 1.80. The molecule has 0 bridgehead atoms. The van der Waals surface area contributed by atoms with E-state index in [-0.39, 0.29) is 27.8 Å². The molecule has 1 fully saturated rings. The number of nitro benzene ring substituents is 2. The summed E-state index contributed by atoms with van der Waals surface area (Å²) in [6, 6.07) is 8.64. The highest BCUT2D eigenvalue weighted by molar-refractivity contribution is 6.30. The maximum atomic E-state index is 13.6. The van der Waals surface area contributed by atoms with Gasteiger partial charge in [0, 0.05) is 28.8 Å². The Bertz CT molecular complexity index is 1290. The topological polar surface area (TPSA) is 144 Å². The van der Waals surface area contributed by atoms with Crippen LogP contribution in [0.15, 0.2) is 54.6 Å². The number of halogens is 1. The van der Waals surface area contributed by atoms with Gasteiger partial charge in [0.1, 0.15) is 0 Å². The Labute approximate surface area is 203 Å². The molecule has 3 atom stereocenters. The average Bonchev–Trinajstić information content (AvgIpc) is 3.08. The summed E-state index contributed by atoms with van der Waals surface area (Å²) in [5, 5.41) is 24.5. The molecule has 2 aromatic carbocycles. The van der Waals surface area contributed by atoms with E-state index in [0.717, 1.165) is 22.2 Å². The van der Waals surface area contributed by atoms with Crippen LogP contribution in [0.5, 0.6) is 0 Å². The highest BCUT2D eigenvalue weighted by Crippen LogP contribution is 2.40. The molecule has 1 aliphatic carbocycles. The highest BCUT2D eigenvalue weighted by atomic mass is 35.5. The number of hydrazine groups is 1. The molecule has 180 valence electrons. The van der Waals surface area contributed by atoms with Crippen molar-refractivity contribution in [3.8, 4) is 0 Å². The Morgan fingerprint density at radius 1 is 1.11 bits per heavy atom. The summed E-state index contributed by atoms with van der Waals surface area (Å²) in [4.78, 5) is 61.8. The average molecular weight is 499 g/mol. The molecule has 4 rings (SSSR count). The van der Waals surface area contributed by atoms with E-state index < -0.39 is 51.6 Å². The molecular formula is C23H19ClN4O7. The van der Waals surface area contributed by atoms with Gasteiger partial charge in [-0.05, 0) is 30.5 Å². The van der Waals surface area contributed by atoms with Crippen molar-refractivity contribution < 1.29 is 24.2 Å². The van der Waals surface area contributed by atoms with E-state index in [0.29, 0.717) is 6.42 Å². The van der Waals surface area contributed by atoms with E-state index >= 15 is 0 Å². The summed E-state index contributed by atoms with van der Waals surface area (Å²) in [7, 11) is 0. The molecule has 0 unspecified atom stereocenters. The van der Waals surface area contributed by atoms with E-state index in [1.165, 1.54) is 30.3 Å². The van der Waals surface area contributed by atoms with Crippen molar-refractivity contribution in [3.05, 3.63) is 91.0 Å². The van der Waals surface area contributed by atoms with Gasteiger partial charge < -0.3 is 0 Å². The monoisotopic (exact) mass is 498 g/mol. The summed E-state index contributed by atoms with van der Waals surface area (Å²) < 4.78 is 0. The molecule has 1 saturated heterocycles. The van der Waals surface area contributed by atoms with Crippen molar-refractivity contribution in [2.24, 2.45) is 17.8 Å². The molecule has 1 heterocycles. The second kappa shape index (κ2) is 9.26. The molecule has 12 heteroatoms. The number of nitrogens with zero attached hydrogens (tertiary/aromatic N) is 4. The zero-order chi connectivity index (χ0) is 25.4. The molecule has 35 heavy (non-hydrogen) atoms. The van der Waals surface area contributed by atoms with Gasteiger partial charge in [0.05, 0.1) is 33.8 Å². The van der Waals surface area contributed by atoms with Crippen molar-refractivity contribution >= 4 is 40.7 Å². The lowest BCUT2D eigenvalue weighted by molar-refractivity contribution is -0.385. The lowest BCUT2D eigenvalue weighted by Crippen LogP contribution is -2.50. The first-order valence-corrected chi connectivity index (χ1v) is 11.0. The Morgan fingerprint density at radius 3 is 2.51 bits per heavy atom. The lowest BCUT2D eigenvalue weighted by atomic mass is 9.78. The van der Waals surface area contributed by atoms with Crippen LogP contribution in [-0.4, -0.2) is 37.6 Å². The minimum absolute atomic E-state index is 0.0276. The van der Waals surface area contributed by atoms with E-state index in [1.54, 1.807) is 13.0 Å². The number of nitro groups is 2. The first-order valence-electron chi connectivity index (χ1n) is 10.6. The summed E-state index contributed by atoms with van der Waals surface area (Å²) in [6.07, 6.45) is 3.94. The summed E-state index contributed by atoms with van der Waals surface area (Å²) in [5.41, 5.74) is -0.892. The molecule has 0 radical (unpaired) electrons. The predicted octanol–water partition coefficient (Wildman–Crippen LogP) is 3.91. The number of benzene rings is 2. The van der Waals surface area contributed by atoms with Crippen LogP contribution in [0.4, 0.5) is 11.4 Å². The maximum absolute atomic E-state index is 13.6. The molecule has 2 aromatic rings. The fourth-order valence-corrected chi connectivity index (χ4v) is 4.67. The third kappa shape index (κ3) is 4.37. The number of allylic oxidation sites excluding steroid dienone is 2. The molecule has 0 spiro atoms. The summed E-state index contributed by atoms with van der Waals surface area (Å²) in [5.74, 6) is -3.72. The van der Waals surface area contributed by atoms with E-state index in [9.17, 15) is 34.6 Å². The fraction of sp³-hybridized carbons (Fsp3) is 0.261. The lowest BCUT2D eigenvalue weighted by Gasteiger charge is -2.30. The van der Waals surface area contributed by atoms with Gasteiger partial charge in [-0.15, -0.1) is 0 Å². The van der Waals surface area contributed by atoms with E-state index in [4.69, 9.17) is 11.6 Å². The minimum Gasteiger partial charge on any atom is -0.272 e. The van der Waals surface area contributed by atoms with Gasteiger partial charge in [-0.3, -0.25) is 34.6 Å². The molecule has 11 nitrogen and oxygen atoms in total. The normalized spacial score (nSPS) is 21.1. The van der Waals surface area contributed by atoms with Crippen LogP contribution in [-0.2, 0) is 16.1 Å². The van der Waals surface area contributed by atoms with Gasteiger partial charge in [0.15, 0.2) is 0 Å². The zero-order valence-corrected chi connectivity index (χ0v) is 19.1. The number of hydrogen-bond donors (Lipinski definition) is 0. The third-order valence-electron chi connectivity index (χ3n) is 6.19. The van der Waals surface area contributed by atoms with Crippen LogP contribution >= 0.6 is 11.6 Å². The van der Waals surface area contributed by atoms with Gasteiger partial charge in [-0.25, -0.2) is 5.01 Å². The van der Waals surface area contributed by atoms with Gasteiger partial charge in [-0.1, -0.05) is 36.7 Å². The largest absolute Gasteiger partial charge is 0.275 e. The summed E-state index contributed by atoms with van der Waals surface area (Å²) >= 11 is 5.90. The first kappa shape index (κ1) is 24.0. The van der Waals surface area contributed by atoms with Crippen molar-refractivity contribution in [2.75, 3.05) is 0 Å². The van der Waals surface area contributed by atoms with Crippen molar-refractivity contribution in [1.82, 2.24) is 10.0 Å². The molecule has 1 aliphatic heterocycles. The van der Waals surface area contributed by atoms with Crippen molar-refractivity contribution in [1.29, 1.82) is 0 Å². The SMILES string of the molecule is C[C@@H]1C=CC[C@H]2C(=O)N(N(Cc3ccc(Cl)cc3[N+](=O)[O-])C(=O)c3cccc([N+](=O)[O-])c3)C(=O)[C@H]12. The number of non-ortho nitro benzene ring substituents is 1. The highest BCUT2D eigenvalue weighted by Gasteiger charge is 2.53. The second-order valence-corrected chi connectivity index (χ2v) is 8.78. The number of imide groups is 1. The zero-order valence-electron chi connectivity index (χ0n) is 18.4. The van der Waals surface area contributed by atoms with Gasteiger partial charge >= 0.3 is 0 Å². The molecule has 0 aromatic heterocycles. The Kier molecular flexibility index (Phi) is 6.35. The molecular weight excluding hydrogens is 480 g/mol. The standard InChI is InChI=1S/C23H19ClN4O7/c1-13-4-2-7-18-20(13)23(31)26(22(18)30)25(12-15-8-9-16(24)11-19(15)28(34)35)21(29)14-5-3-6-17(10-14)27(32)33/h2-6,8-11,13,18,20H,7,12H2,1H3/t13-,18-,20-/m1/s1. The van der Waals surface area contributed by atoms with Gasteiger partial charge in [0.2, 0.25) is 0 Å². The molecule has 2 aliphatic rings. The van der Waals surface area contributed by atoms with Crippen LogP contribution < -0.4 is 0 Å². The van der Waals surface area contributed by atoms with E-state index in [1.807, 2.05) is 6.08 Å². The first-order chi connectivity index (χ1) is 16.6. The van der Waals surface area contributed by atoms with Crippen molar-refractivity contribution in [3.63, 3.8) is 0 Å². The van der Waals surface area contributed by atoms with Crippen LogP contribution in [0.2, 0.25) is 5.02 Å². The van der Waals surface area contributed by atoms with Gasteiger partial charge in [0.25, 0.3) is 29.1 Å². The molecule has 0 N–H and O–H groups in total. The van der Waals surface area contributed by atoms with Crippen LogP contribution in [0.1, 0.15) is 29.3 Å². The van der Waals surface area contributed by atoms with Crippen LogP contribution in [0, 0.1) is 38.0 Å². The quantitative estimate of drug-likeness (QED) is 0.254. The summed E-state index contributed by atoms with van der Waals surface area (Å²) in [6.45, 7) is 1.28. The Morgan fingerprint density at radius 2 is 1.86 bits per heavy atom. The second-order valence-electron chi connectivity index (χ2n) is 8.34. The number of amides is 3. The van der Waals surface area contributed by atoms with Crippen LogP contribution in [0.3, 0.4) is 0 Å². The molecule has 0 saturated carbocycles. The Hall–Kier alpha value is -4.12. The number of hydrogen-bond acceptors (Lipinski definition) is 7. The molecule has 3 amide bonds. The van der Waals surface area contributed by atoms with Gasteiger partial charge in [-0.2, -0.15) is 5.01 Å². The number of fused-ring (bicyclic) bond motifs is 1. The predicted molar refractivity (Wildman–Crippen MR) is 123 cm³/mol. The number of carbonyl (C=O) groups is 3.